The van der Waals surface area contributed by atoms with Gasteiger partial charge >= 0.3 is 5.97 Å². The SMILES string of the molecule is CC(C)(NCCCNC1CC1)C(=O)O. The van der Waals surface area contributed by atoms with Gasteiger partial charge in [0.2, 0.25) is 0 Å². The lowest BCUT2D eigenvalue weighted by atomic mass is 10.1. The second-order valence-corrected chi connectivity index (χ2v) is 4.44. The Labute approximate surface area is 85.1 Å². The first-order valence-corrected chi connectivity index (χ1v) is 5.24. The van der Waals surface area contributed by atoms with E-state index in [0.717, 1.165) is 25.6 Å². The Morgan fingerprint density at radius 3 is 2.57 bits per heavy atom. The molecule has 0 radical (unpaired) electrons. The quantitative estimate of drug-likeness (QED) is 0.526. The van der Waals surface area contributed by atoms with Crippen LogP contribution in [-0.2, 0) is 4.79 Å². The van der Waals surface area contributed by atoms with Gasteiger partial charge in [0.25, 0.3) is 0 Å². The lowest BCUT2D eigenvalue weighted by molar-refractivity contribution is -0.143. The predicted molar refractivity (Wildman–Crippen MR) is 55.4 cm³/mol. The van der Waals surface area contributed by atoms with Crippen LogP contribution in [0.15, 0.2) is 0 Å². The summed E-state index contributed by atoms with van der Waals surface area (Å²) in [5, 5.41) is 15.2. The lowest BCUT2D eigenvalue weighted by Gasteiger charge is -2.20. The first-order valence-electron chi connectivity index (χ1n) is 5.24. The van der Waals surface area contributed by atoms with E-state index in [1.165, 1.54) is 12.8 Å². The van der Waals surface area contributed by atoms with Gasteiger partial charge in [0.15, 0.2) is 0 Å². The fourth-order valence-corrected chi connectivity index (χ4v) is 1.16. The van der Waals surface area contributed by atoms with Gasteiger partial charge in [0.05, 0.1) is 0 Å². The highest BCUT2D eigenvalue weighted by atomic mass is 16.4. The van der Waals surface area contributed by atoms with Crippen molar-refractivity contribution in [3.63, 3.8) is 0 Å². The molecule has 4 nitrogen and oxygen atoms in total. The van der Waals surface area contributed by atoms with Gasteiger partial charge in [-0.3, -0.25) is 4.79 Å². The molecule has 0 spiro atoms. The summed E-state index contributed by atoms with van der Waals surface area (Å²) in [6.45, 7) is 5.10. The van der Waals surface area contributed by atoms with Crippen LogP contribution in [0.25, 0.3) is 0 Å². The largest absolute Gasteiger partial charge is 0.480 e. The Hall–Kier alpha value is -0.610. The Bertz CT molecular complexity index is 200. The van der Waals surface area contributed by atoms with Gasteiger partial charge in [-0.2, -0.15) is 0 Å². The third-order valence-corrected chi connectivity index (χ3v) is 2.47. The minimum Gasteiger partial charge on any atom is -0.480 e. The van der Waals surface area contributed by atoms with Crippen molar-refractivity contribution in [3.05, 3.63) is 0 Å². The molecule has 1 saturated carbocycles. The predicted octanol–water partition coefficient (Wildman–Crippen LogP) is 0.581. The normalized spacial score (nSPS) is 17.0. The molecule has 0 amide bonds. The summed E-state index contributed by atoms with van der Waals surface area (Å²) in [4.78, 5) is 10.7. The van der Waals surface area contributed by atoms with Gasteiger partial charge in [-0.15, -0.1) is 0 Å². The van der Waals surface area contributed by atoms with Crippen molar-refractivity contribution in [1.82, 2.24) is 10.6 Å². The lowest BCUT2D eigenvalue weighted by Crippen LogP contribution is -2.47. The maximum Gasteiger partial charge on any atom is 0.323 e. The van der Waals surface area contributed by atoms with Crippen LogP contribution < -0.4 is 10.6 Å². The smallest absolute Gasteiger partial charge is 0.323 e. The molecular weight excluding hydrogens is 180 g/mol. The van der Waals surface area contributed by atoms with Crippen molar-refractivity contribution in [2.45, 2.75) is 44.7 Å². The molecule has 1 rings (SSSR count). The van der Waals surface area contributed by atoms with E-state index >= 15 is 0 Å². The van der Waals surface area contributed by atoms with Crippen molar-refractivity contribution in [2.24, 2.45) is 0 Å². The monoisotopic (exact) mass is 200 g/mol. The number of carbonyl (C=O) groups is 1. The van der Waals surface area contributed by atoms with Crippen molar-refractivity contribution in [1.29, 1.82) is 0 Å². The van der Waals surface area contributed by atoms with Crippen LogP contribution in [0.5, 0.6) is 0 Å². The van der Waals surface area contributed by atoms with Crippen LogP contribution in [0.1, 0.15) is 33.1 Å². The summed E-state index contributed by atoms with van der Waals surface area (Å²) >= 11 is 0. The summed E-state index contributed by atoms with van der Waals surface area (Å²) in [6.07, 6.45) is 3.58. The van der Waals surface area contributed by atoms with E-state index in [0.29, 0.717) is 0 Å². The minimum atomic E-state index is -0.806. The number of aliphatic carboxylic acids is 1. The molecule has 1 aliphatic carbocycles. The fourth-order valence-electron chi connectivity index (χ4n) is 1.16. The number of hydrogen-bond acceptors (Lipinski definition) is 3. The average molecular weight is 200 g/mol. The van der Waals surface area contributed by atoms with E-state index in [1.807, 2.05) is 0 Å². The van der Waals surface area contributed by atoms with Crippen LogP contribution in [-0.4, -0.2) is 35.7 Å². The van der Waals surface area contributed by atoms with Gasteiger partial charge in [-0.25, -0.2) is 0 Å². The third kappa shape index (κ3) is 4.07. The fraction of sp³-hybridized carbons (Fsp3) is 0.900. The highest BCUT2D eigenvalue weighted by Gasteiger charge is 2.25. The van der Waals surface area contributed by atoms with E-state index in [-0.39, 0.29) is 0 Å². The van der Waals surface area contributed by atoms with Crippen molar-refractivity contribution in [3.8, 4) is 0 Å². The summed E-state index contributed by atoms with van der Waals surface area (Å²) < 4.78 is 0. The Kier molecular flexibility index (Phi) is 3.89. The molecule has 14 heavy (non-hydrogen) atoms. The van der Waals surface area contributed by atoms with E-state index in [2.05, 4.69) is 10.6 Å². The van der Waals surface area contributed by atoms with E-state index in [4.69, 9.17) is 5.11 Å². The topological polar surface area (TPSA) is 61.4 Å². The van der Waals surface area contributed by atoms with Crippen LogP contribution in [0, 0.1) is 0 Å². The number of nitrogens with one attached hydrogen (secondary N) is 2. The van der Waals surface area contributed by atoms with Crippen LogP contribution in [0.3, 0.4) is 0 Å². The van der Waals surface area contributed by atoms with Gasteiger partial charge < -0.3 is 15.7 Å². The second-order valence-electron chi connectivity index (χ2n) is 4.44. The first-order chi connectivity index (χ1) is 6.52. The van der Waals surface area contributed by atoms with E-state index < -0.39 is 11.5 Å². The van der Waals surface area contributed by atoms with E-state index in [1.54, 1.807) is 13.8 Å². The van der Waals surface area contributed by atoms with Gasteiger partial charge in [-0.05, 0) is 46.2 Å². The molecule has 82 valence electrons. The molecule has 0 aromatic heterocycles. The molecule has 4 heteroatoms. The molecule has 3 N–H and O–H groups in total. The Morgan fingerprint density at radius 1 is 1.43 bits per heavy atom. The molecule has 0 aromatic rings. The Balaban J connectivity index is 1.98. The maximum atomic E-state index is 10.7. The standard InChI is InChI=1S/C10H20N2O2/c1-10(2,9(13)14)12-7-3-6-11-8-4-5-8/h8,11-12H,3-7H2,1-2H3,(H,13,14). The molecule has 1 aliphatic rings. The molecular formula is C10H20N2O2. The van der Waals surface area contributed by atoms with Crippen LogP contribution >= 0.6 is 0 Å². The number of carboxylic acids is 1. The van der Waals surface area contributed by atoms with Crippen LogP contribution in [0.4, 0.5) is 0 Å². The first kappa shape index (κ1) is 11.5. The molecule has 0 aromatic carbocycles. The maximum absolute atomic E-state index is 10.7. The molecule has 0 heterocycles. The highest BCUT2D eigenvalue weighted by molar-refractivity contribution is 5.77. The zero-order valence-electron chi connectivity index (χ0n) is 8.97. The van der Waals surface area contributed by atoms with Crippen molar-refractivity contribution < 1.29 is 9.90 Å². The molecule has 0 bridgehead atoms. The number of carboxylic acid groups (broad SMARTS) is 1. The number of rotatable bonds is 7. The van der Waals surface area contributed by atoms with Gasteiger partial charge in [0.1, 0.15) is 5.54 Å². The summed E-state index contributed by atoms with van der Waals surface area (Å²) in [5.74, 6) is -0.798. The number of hydrogen-bond donors (Lipinski definition) is 3. The van der Waals surface area contributed by atoms with Gasteiger partial charge in [0, 0.05) is 6.04 Å². The summed E-state index contributed by atoms with van der Waals surface area (Å²) in [7, 11) is 0. The third-order valence-electron chi connectivity index (χ3n) is 2.47. The van der Waals surface area contributed by atoms with E-state index in [9.17, 15) is 4.79 Å². The summed E-state index contributed by atoms with van der Waals surface area (Å²) in [6, 6.07) is 0.738. The Morgan fingerprint density at radius 2 is 2.07 bits per heavy atom. The molecule has 0 aliphatic heterocycles. The molecule has 0 unspecified atom stereocenters. The molecule has 0 saturated heterocycles. The second kappa shape index (κ2) is 4.75. The summed E-state index contributed by atoms with van der Waals surface area (Å²) in [5.41, 5.74) is -0.806. The van der Waals surface area contributed by atoms with Crippen molar-refractivity contribution in [2.75, 3.05) is 13.1 Å². The average Bonchev–Trinajstić information content (AvgIpc) is 2.87. The highest BCUT2D eigenvalue weighted by Crippen LogP contribution is 2.18. The molecule has 1 fully saturated rings. The zero-order valence-corrected chi connectivity index (χ0v) is 8.97. The molecule has 0 atom stereocenters. The van der Waals surface area contributed by atoms with Gasteiger partial charge in [-0.1, -0.05) is 0 Å². The van der Waals surface area contributed by atoms with Crippen LogP contribution in [0.2, 0.25) is 0 Å². The van der Waals surface area contributed by atoms with Crippen molar-refractivity contribution >= 4 is 5.97 Å². The minimum absolute atomic E-state index is 0.738. The zero-order chi connectivity index (χ0) is 10.6.